The molecular formula is C20H23N3O4S. The third-order valence-corrected chi connectivity index (χ3v) is 6.03. The molecule has 1 aromatic heterocycles. The van der Waals surface area contributed by atoms with Crippen LogP contribution in [-0.4, -0.2) is 25.6 Å². The highest BCUT2D eigenvalue weighted by molar-refractivity contribution is 7.92. The van der Waals surface area contributed by atoms with Gasteiger partial charge in [-0.25, -0.2) is 8.42 Å². The topological polar surface area (TPSA) is 85.5 Å². The van der Waals surface area contributed by atoms with Gasteiger partial charge in [-0.1, -0.05) is 29.8 Å². The van der Waals surface area contributed by atoms with E-state index in [0.29, 0.717) is 23.2 Å². The average molecular weight is 401 g/mol. The van der Waals surface area contributed by atoms with Gasteiger partial charge in [-0.2, -0.15) is 4.98 Å². The van der Waals surface area contributed by atoms with Crippen LogP contribution in [0, 0.1) is 6.92 Å². The number of sulfonamides is 1. The lowest BCUT2D eigenvalue weighted by Crippen LogP contribution is -2.26. The molecule has 0 atom stereocenters. The van der Waals surface area contributed by atoms with Crippen LogP contribution in [0.3, 0.4) is 0 Å². The van der Waals surface area contributed by atoms with Crippen molar-refractivity contribution >= 4 is 15.7 Å². The largest absolute Gasteiger partial charge is 0.484 e. The first-order valence-corrected chi connectivity index (χ1v) is 10.4. The van der Waals surface area contributed by atoms with Gasteiger partial charge in [0.15, 0.2) is 12.4 Å². The van der Waals surface area contributed by atoms with Gasteiger partial charge in [0.2, 0.25) is 0 Å². The van der Waals surface area contributed by atoms with Crippen molar-refractivity contribution in [1.29, 1.82) is 0 Å². The van der Waals surface area contributed by atoms with E-state index in [1.54, 1.807) is 48.5 Å². The van der Waals surface area contributed by atoms with Crippen LogP contribution in [0.4, 0.5) is 5.69 Å². The molecule has 0 bridgehead atoms. The summed E-state index contributed by atoms with van der Waals surface area (Å²) in [4.78, 5) is 4.49. The SMILES string of the molecule is CCCc1noc(COc2ccc(N(C)S(=O)(=O)c3ccc(C)cc3)cc2)n1. The first kappa shape index (κ1) is 19.9. The smallest absolute Gasteiger partial charge is 0.264 e. The molecule has 0 N–H and O–H groups in total. The van der Waals surface area contributed by atoms with Crippen molar-refractivity contribution < 1.29 is 17.7 Å². The fourth-order valence-electron chi connectivity index (χ4n) is 2.58. The summed E-state index contributed by atoms with van der Waals surface area (Å²) in [6.07, 6.45) is 1.71. The van der Waals surface area contributed by atoms with Crippen molar-refractivity contribution in [2.75, 3.05) is 11.4 Å². The van der Waals surface area contributed by atoms with Crippen molar-refractivity contribution in [2.24, 2.45) is 0 Å². The third kappa shape index (κ3) is 4.51. The van der Waals surface area contributed by atoms with Gasteiger partial charge in [0.25, 0.3) is 15.9 Å². The van der Waals surface area contributed by atoms with Gasteiger partial charge in [-0.05, 0) is 49.7 Å². The Bertz CT molecular complexity index is 1010. The Labute approximate surface area is 165 Å². The number of aryl methyl sites for hydroxylation is 2. The highest BCUT2D eigenvalue weighted by Crippen LogP contribution is 2.25. The van der Waals surface area contributed by atoms with E-state index in [1.165, 1.54) is 11.4 Å². The van der Waals surface area contributed by atoms with E-state index < -0.39 is 10.0 Å². The number of rotatable bonds is 8. The van der Waals surface area contributed by atoms with E-state index in [4.69, 9.17) is 9.26 Å². The second-order valence-corrected chi connectivity index (χ2v) is 8.39. The summed E-state index contributed by atoms with van der Waals surface area (Å²) >= 11 is 0. The summed E-state index contributed by atoms with van der Waals surface area (Å²) in [5.41, 5.74) is 1.54. The molecule has 0 aliphatic carbocycles. The van der Waals surface area contributed by atoms with Crippen LogP contribution in [0.1, 0.15) is 30.6 Å². The summed E-state index contributed by atoms with van der Waals surface area (Å²) in [7, 11) is -2.09. The van der Waals surface area contributed by atoms with Crippen LogP contribution in [0.5, 0.6) is 5.75 Å². The van der Waals surface area contributed by atoms with Gasteiger partial charge in [0, 0.05) is 13.5 Å². The number of nitrogens with zero attached hydrogens (tertiary/aromatic N) is 3. The molecule has 148 valence electrons. The second-order valence-electron chi connectivity index (χ2n) is 6.42. The minimum atomic E-state index is -3.62. The Morgan fingerprint density at radius 1 is 1.07 bits per heavy atom. The van der Waals surface area contributed by atoms with Gasteiger partial charge < -0.3 is 9.26 Å². The van der Waals surface area contributed by atoms with Gasteiger partial charge >= 0.3 is 0 Å². The highest BCUT2D eigenvalue weighted by Gasteiger charge is 2.21. The Balaban J connectivity index is 1.66. The number of hydrogen-bond acceptors (Lipinski definition) is 6. The van der Waals surface area contributed by atoms with Crippen LogP contribution in [0.2, 0.25) is 0 Å². The van der Waals surface area contributed by atoms with E-state index in [9.17, 15) is 8.42 Å². The van der Waals surface area contributed by atoms with Crippen molar-refractivity contribution in [2.45, 2.75) is 38.2 Å². The molecule has 3 rings (SSSR count). The molecule has 28 heavy (non-hydrogen) atoms. The molecule has 0 aliphatic rings. The van der Waals surface area contributed by atoms with Gasteiger partial charge in [0.1, 0.15) is 5.75 Å². The minimum Gasteiger partial charge on any atom is -0.484 e. The first-order valence-electron chi connectivity index (χ1n) is 9.00. The summed E-state index contributed by atoms with van der Waals surface area (Å²) in [5, 5.41) is 3.88. The second kappa shape index (κ2) is 8.43. The Hall–Kier alpha value is -2.87. The molecule has 1 heterocycles. The zero-order valence-electron chi connectivity index (χ0n) is 16.1. The van der Waals surface area contributed by atoms with Crippen molar-refractivity contribution in [3.8, 4) is 5.75 Å². The van der Waals surface area contributed by atoms with E-state index in [2.05, 4.69) is 10.1 Å². The van der Waals surface area contributed by atoms with Gasteiger partial charge in [0.05, 0.1) is 10.6 Å². The quantitative estimate of drug-likeness (QED) is 0.572. The predicted molar refractivity (Wildman–Crippen MR) is 106 cm³/mol. The van der Waals surface area contributed by atoms with E-state index >= 15 is 0 Å². The van der Waals surface area contributed by atoms with Gasteiger partial charge in [-0.3, -0.25) is 4.31 Å². The van der Waals surface area contributed by atoms with Crippen LogP contribution in [0.15, 0.2) is 57.9 Å². The minimum absolute atomic E-state index is 0.160. The number of aromatic nitrogens is 2. The van der Waals surface area contributed by atoms with Crippen molar-refractivity contribution in [1.82, 2.24) is 10.1 Å². The Morgan fingerprint density at radius 3 is 2.39 bits per heavy atom. The molecule has 0 aliphatic heterocycles. The molecule has 2 aromatic carbocycles. The number of benzene rings is 2. The fourth-order valence-corrected chi connectivity index (χ4v) is 3.77. The molecule has 0 spiro atoms. The lowest BCUT2D eigenvalue weighted by atomic mass is 10.2. The maximum Gasteiger partial charge on any atom is 0.264 e. The molecule has 8 heteroatoms. The summed E-state index contributed by atoms with van der Waals surface area (Å²) in [6, 6.07) is 13.6. The highest BCUT2D eigenvalue weighted by atomic mass is 32.2. The molecule has 3 aromatic rings. The van der Waals surface area contributed by atoms with Gasteiger partial charge in [-0.15, -0.1) is 0 Å². The summed E-state index contributed by atoms with van der Waals surface area (Å²) in [6.45, 7) is 4.12. The number of ether oxygens (including phenoxy) is 1. The molecule has 0 saturated carbocycles. The Kier molecular flexibility index (Phi) is 5.99. The molecule has 0 radical (unpaired) electrons. The zero-order chi connectivity index (χ0) is 20.1. The normalized spacial score (nSPS) is 11.4. The predicted octanol–water partition coefficient (Wildman–Crippen LogP) is 3.73. The maximum absolute atomic E-state index is 12.8. The van der Waals surface area contributed by atoms with E-state index in [1.807, 2.05) is 13.8 Å². The monoisotopic (exact) mass is 401 g/mol. The third-order valence-electron chi connectivity index (χ3n) is 4.23. The first-order chi connectivity index (χ1) is 13.4. The molecule has 7 nitrogen and oxygen atoms in total. The lowest BCUT2D eigenvalue weighted by molar-refractivity contribution is 0.242. The van der Waals surface area contributed by atoms with Crippen LogP contribution in [0.25, 0.3) is 0 Å². The van der Waals surface area contributed by atoms with Crippen LogP contribution < -0.4 is 9.04 Å². The summed E-state index contributed by atoms with van der Waals surface area (Å²) < 4.78 is 37.5. The fraction of sp³-hybridized carbons (Fsp3) is 0.300. The van der Waals surface area contributed by atoms with E-state index in [0.717, 1.165) is 18.4 Å². The molecule has 0 amide bonds. The lowest BCUT2D eigenvalue weighted by Gasteiger charge is -2.20. The molecule has 0 fully saturated rings. The molecular weight excluding hydrogens is 378 g/mol. The van der Waals surface area contributed by atoms with Crippen molar-refractivity contribution in [3.05, 3.63) is 65.8 Å². The van der Waals surface area contributed by atoms with Crippen LogP contribution >= 0.6 is 0 Å². The standard InChI is InChI=1S/C20H23N3O4S/c1-4-5-19-21-20(27-22-19)14-26-17-10-8-16(9-11-17)23(3)28(24,25)18-12-6-15(2)7-13-18/h6-13H,4-5,14H2,1-3H3. The number of hydrogen-bond donors (Lipinski definition) is 0. The average Bonchev–Trinajstić information content (AvgIpc) is 3.14. The van der Waals surface area contributed by atoms with E-state index in [-0.39, 0.29) is 11.5 Å². The summed E-state index contributed by atoms with van der Waals surface area (Å²) in [5.74, 6) is 1.66. The maximum atomic E-state index is 12.8. The van der Waals surface area contributed by atoms with Crippen molar-refractivity contribution in [3.63, 3.8) is 0 Å². The zero-order valence-corrected chi connectivity index (χ0v) is 16.9. The number of anilines is 1. The molecule has 0 saturated heterocycles. The molecule has 0 unspecified atom stereocenters. The van der Waals surface area contributed by atoms with Crippen LogP contribution in [-0.2, 0) is 23.1 Å². The Morgan fingerprint density at radius 2 is 1.75 bits per heavy atom.